The van der Waals surface area contributed by atoms with E-state index in [2.05, 4.69) is 44.2 Å². The first-order valence-electron chi connectivity index (χ1n) is 7.15. The van der Waals surface area contributed by atoms with E-state index in [0.717, 1.165) is 0 Å². The molecule has 0 fully saturated rings. The Balaban J connectivity index is 5.51. The molecule has 0 aromatic heterocycles. The highest BCUT2D eigenvalue weighted by molar-refractivity contribution is 5.50. The summed E-state index contributed by atoms with van der Waals surface area (Å²) < 4.78 is 85.3. The van der Waals surface area contributed by atoms with Gasteiger partial charge in [-0.05, 0) is 12.5 Å². The molecular formula is C20H18F6O. The van der Waals surface area contributed by atoms with Crippen molar-refractivity contribution in [2.75, 3.05) is 0 Å². The molecule has 0 aliphatic carbocycles. The predicted molar refractivity (Wildman–Crippen MR) is 95.2 cm³/mol. The van der Waals surface area contributed by atoms with E-state index in [1.807, 2.05) is 0 Å². The normalized spacial score (nSPS) is 13.1. The van der Waals surface area contributed by atoms with Crippen LogP contribution in [0.4, 0.5) is 26.3 Å². The molecule has 0 saturated heterocycles. The maximum absolute atomic E-state index is 14.1. The van der Waals surface area contributed by atoms with Crippen molar-refractivity contribution in [2.24, 2.45) is 0 Å². The van der Waals surface area contributed by atoms with Crippen molar-refractivity contribution >= 4 is 0 Å². The second kappa shape index (κ2) is 9.66. The van der Waals surface area contributed by atoms with Gasteiger partial charge in [-0.25, -0.2) is 17.6 Å². The second-order valence-corrected chi connectivity index (χ2v) is 5.27. The Morgan fingerprint density at radius 2 is 1.37 bits per heavy atom. The van der Waals surface area contributed by atoms with E-state index < -0.39 is 46.3 Å². The van der Waals surface area contributed by atoms with Crippen LogP contribution >= 0.6 is 0 Å². The third-order valence-electron chi connectivity index (χ3n) is 2.84. The molecule has 146 valence electrons. The Labute approximate surface area is 154 Å². The molecule has 0 unspecified atom stereocenters. The summed E-state index contributed by atoms with van der Waals surface area (Å²) >= 11 is 0. The summed E-state index contributed by atoms with van der Waals surface area (Å²) in [4.78, 5) is 0. The molecule has 7 heteroatoms. The SMILES string of the molecule is C=C(C)/C=C\C(=C)C(=C)/C(F)=C(/F)C(=C)C(F)(F)OC(=C)/C=C(/F)C(=C)F. The van der Waals surface area contributed by atoms with E-state index in [4.69, 9.17) is 0 Å². The van der Waals surface area contributed by atoms with Crippen LogP contribution in [0, 0.1) is 0 Å². The fraction of sp³-hybridized carbons (Fsp3) is 0.100. The van der Waals surface area contributed by atoms with Gasteiger partial charge in [0, 0.05) is 11.6 Å². The van der Waals surface area contributed by atoms with E-state index in [9.17, 15) is 26.3 Å². The van der Waals surface area contributed by atoms with E-state index in [1.54, 1.807) is 6.92 Å². The Kier molecular flexibility index (Phi) is 8.60. The summed E-state index contributed by atoms with van der Waals surface area (Å²) in [5.74, 6) is -8.06. The van der Waals surface area contributed by atoms with Crippen LogP contribution in [0.2, 0.25) is 0 Å². The van der Waals surface area contributed by atoms with Crippen LogP contribution in [-0.2, 0) is 4.74 Å². The summed E-state index contributed by atoms with van der Waals surface area (Å²) in [6, 6.07) is 0. The molecule has 0 amide bonds. The molecule has 0 saturated carbocycles. The van der Waals surface area contributed by atoms with Gasteiger partial charge >= 0.3 is 6.11 Å². The zero-order valence-corrected chi connectivity index (χ0v) is 14.7. The molecule has 0 rings (SSSR count). The molecule has 0 radical (unpaired) electrons. The largest absolute Gasteiger partial charge is 0.429 e. The number of rotatable bonds is 10. The lowest BCUT2D eigenvalue weighted by Crippen LogP contribution is -2.23. The molecule has 0 bridgehead atoms. The van der Waals surface area contributed by atoms with Gasteiger partial charge in [0.2, 0.25) is 0 Å². The van der Waals surface area contributed by atoms with Crippen molar-refractivity contribution in [1.82, 2.24) is 0 Å². The van der Waals surface area contributed by atoms with Gasteiger partial charge in [-0.1, -0.05) is 57.2 Å². The van der Waals surface area contributed by atoms with Gasteiger partial charge in [-0.15, -0.1) is 0 Å². The van der Waals surface area contributed by atoms with Gasteiger partial charge in [0.1, 0.15) is 5.76 Å². The van der Waals surface area contributed by atoms with Gasteiger partial charge in [-0.2, -0.15) is 8.78 Å². The Morgan fingerprint density at radius 3 is 1.81 bits per heavy atom. The van der Waals surface area contributed by atoms with Crippen LogP contribution < -0.4 is 0 Å². The minimum atomic E-state index is -4.51. The van der Waals surface area contributed by atoms with Crippen LogP contribution in [0.1, 0.15) is 6.92 Å². The van der Waals surface area contributed by atoms with Crippen LogP contribution in [0.15, 0.2) is 109 Å². The first-order valence-corrected chi connectivity index (χ1v) is 7.15. The maximum atomic E-state index is 14.1. The lowest BCUT2D eigenvalue weighted by Gasteiger charge is -2.20. The summed E-state index contributed by atoms with van der Waals surface area (Å²) in [7, 11) is 0. The average molecular weight is 388 g/mol. The number of allylic oxidation sites excluding steroid dienone is 9. The van der Waals surface area contributed by atoms with Gasteiger partial charge in [-0.3, -0.25) is 0 Å². The molecule has 27 heavy (non-hydrogen) atoms. The topological polar surface area (TPSA) is 9.23 Å². The third-order valence-corrected chi connectivity index (χ3v) is 2.84. The lowest BCUT2D eigenvalue weighted by molar-refractivity contribution is -0.178. The summed E-state index contributed by atoms with van der Waals surface area (Å²) in [5, 5.41) is 0. The van der Waals surface area contributed by atoms with E-state index in [0.29, 0.717) is 5.57 Å². The summed E-state index contributed by atoms with van der Waals surface area (Å²) in [6.45, 7) is 20.1. The van der Waals surface area contributed by atoms with Gasteiger partial charge < -0.3 is 4.74 Å². The quantitative estimate of drug-likeness (QED) is 0.215. The summed E-state index contributed by atoms with van der Waals surface area (Å²) in [5.41, 5.74) is -1.85. The first-order chi connectivity index (χ1) is 12.2. The van der Waals surface area contributed by atoms with Crippen molar-refractivity contribution in [1.29, 1.82) is 0 Å². The van der Waals surface area contributed by atoms with Crippen molar-refractivity contribution in [3.8, 4) is 0 Å². The zero-order chi connectivity index (χ0) is 21.5. The molecule has 0 spiro atoms. The molecule has 0 aliphatic heterocycles. The highest BCUT2D eigenvalue weighted by Gasteiger charge is 2.40. The highest BCUT2D eigenvalue weighted by Crippen LogP contribution is 2.36. The smallest absolute Gasteiger partial charge is 0.429 e. The maximum Gasteiger partial charge on any atom is 0.429 e. The monoisotopic (exact) mass is 388 g/mol. The fourth-order valence-corrected chi connectivity index (χ4v) is 1.35. The van der Waals surface area contributed by atoms with Crippen LogP contribution in [-0.4, -0.2) is 6.11 Å². The molecule has 0 aromatic rings. The van der Waals surface area contributed by atoms with E-state index >= 15 is 0 Å². The number of alkyl halides is 2. The van der Waals surface area contributed by atoms with Crippen LogP contribution in [0.3, 0.4) is 0 Å². The molecule has 0 aliphatic rings. The fourth-order valence-electron chi connectivity index (χ4n) is 1.35. The van der Waals surface area contributed by atoms with Crippen molar-refractivity contribution in [3.63, 3.8) is 0 Å². The van der Waals surface area contributed by atoms with Gasteiger partial charge in [0.05, 0.1) is 5.57 Å². The second-order valence-electron chi connectivity index (χ2n) is 5.27. The van der Waals surface area contributed by atoms with Crippen LogP contribution in [0.5, 0.6) is 0 Å². The zero-order valence-electron chi connectivity index (χ0n) is 14.7. The predicted octanol–water partition coefficient (Wildman–Crippen LogP) is 7.40. The van der Waals surface area contributed by atoms with Crippen molar-refractivity contribution in [2.45, 2.75) is 13.0 Å². The summed E-state index contributed by atoms with van der Waals surface area (Å²) in [6.07, 6.45) is -1.67. The van der Waals surface area contributed by atoms with Gasteiger partial charge in [0.25, 0.3) is 0 Å². The van der Waals surface area contributed by atoms with Gasteiger partial charge in [0.15, 0.2) is 23.3 Å². The minimum absolute atomic E-state index is 0.0986. The first kappa shape index (κ1) is 24.0. The highest BCUT2D eigenvalue weighted by atomic mass is 19.3. The van der Waals surface area contributed by atoms with E-state index in [-0.39, 0.29) is 11.6 Å². The van der Waals surface area contributed by atoms with E-state index in [1.165, 1.54) is 12.2 Å². The molecule has 0 atom stereocenters. The van der Waals surface area contributed by atoms with Crippen LogP contribution in [0.25, 0.3) is 0 Å². The number of hydrogen-bond acceptors (Lipinski definition) is 1. The van der Waals surface area contributed by atoms with Crippen molar-refractivity contribution < 1.29 is 31.1 Å². The third kappa shape index (κ3) is 7.43. The number of halogens is 6. The Hall–Kier alpha value is -2.96. The molecule has 1 nitrogen and oxygen atoms in total. The Bertz CT molecular complexity index is 793. The molecule has 0 N–H and O–H groups in total. The number of hydrogen-bond donors (Lipinski definition) is 0. The lowest BCUT2D eigenvalue weighted by atomic mass is 10.0. The standard InChI is InChI=1S/C20H18F6O/c1-11(2)8-9-12(3)14(5)18(23)19(24)15(6)20(25,26)27-13(4)10-17(22)16(7)21/h8-10H,1,3-7H2,2H3/b9-8-,17-10+,19-18-. The molecular weight excluding hydrogens is 370 g/mol. The average Bonchev–Trinajstić information content (AvgIpc) is 2.55. The van der Waals surface area contributed by atoms with Crippen molar-refractivity contribution in [3.05, 3.63) is 109 Å². The molecule has 0 heterocycles. The Morgan fingerprint density at radius 1 is 0.852 bits per heavy atom. The molecule has 0 aromatic carbocycles. The minimum Gasteiger partial charge on any atom is -0.429 e. The number of ether oxygens (including phenoxy) is 1.